The van der Waals surface area contributed by atoms with Crippen LogP contribution in [0.15, 0.2) is 30.3 Å². The van der Waals surface area contributed by atoms with Crippen LogP contribution in [-0.2, 0) is 13.6 Å². The number of fused-ring (bicyclic) bond motifs is 1. The zero-order chi connectivity index (χ0) is 14.3. The average molecular weight is 269 g/mol. The number of rotatable bonds is 3. The van der Waals surface area contributed by atoms with Gasteiger partial charge < -0.3 is 5.73 Å². The molecule has 2 aromatic heterocycles. The molecule has 3 aromatic rings. The fourth-order valence-electron chi connectivity index (χ4n) is 2.69. The summed E-state index contributed by atoms with van der Waals surface area (Å²) in [7, 11) is 1.93. The van der Waals surface area contributed by atoms with Crippen molar-refractivity contribution in [1.82, 2.24) is 19.3 Å². The van der Waals surface area contributed by atoms with Gasteiger partial charge in [0.05, 0.1) is 5.69 Å². The van der Waals surface area contributed by atoms with Crippen molar-refractivity contribution in [2.24, 2.45) is 7.05 Å². The van der Waals surface area contributed by atoms with Crippen LogP contribution in [-0.4, -0.2) is 19.3 Å². The summed E-state index contributed by atoms with van der Waals surface area (Å²) in [5.74, 6) is 0.921. The first-order valence-corrected chi connectivity index (χ1v) is 6.78. The predicted octanol–water partition coefficient (Wildman–Crippen LogP) is 2.46. The number of aromatic nitrogens is 4. The van der Waals surface area contributed by atoms with Crippen LogP contribution in [0.2, 0.25) is 0 Å². The van der Waals surface area contributed by atoms with Gasteiger partial charge in [0.1, 0.15) is 5.52 Å². The van der Waals surface area contributed by atoms with Gasteiger partial charge in [-0.1, -0.05) is 37.3 Å². The molecule has 0 saturated carbocycles. The van der Waals surface area contributed by atoms with Crippen LogP contribution in [0.1, 0.15) is 24.1 Å². The van der Waals surface area contributed by atoms with Gasteiger partial charge in [-0.05, 0) is 18.4 Å². The molecule has 5 nitrogen and oxygen atoms in total. The molecule has 0 spiro atoms. The highest BCUT2D eigenvalue weighted by molar-refractivity contribution is 5.77. The number of nitrogen functional groups attached to an aromatic ring is 1. The summed E-state index contributed by atoms with van der Waals surface area (Å²) in [6, 6.07) is 10.4. The molecular formula is C15H19N5. The second kappa shape index (κ2) is 4.67. The normalized spacial score (nSPS) is 12.9. The molecule has 1 aromatic carbocycles. The third kappa shape index (κ3) is 1.95. The number of hydrogen-bond acceptors (Lipinski definition) is 3. The molecule has 0 amide bonds. The van der Waals surface area contributed by atoms with E-state index in [-0.39, 0.29) is 0 Å². The maximum atomic E-state index is 6.07. The molecule has 0 aliphatic carbocycles. The first-order chi connectivity index (χ1) is 9.58. The molecule has 0 radical (unpaired) electrons. The van der Waals surface area contributed by atoms with E-state index in [1.54, 1.807) is 0 Å². The van der Waals surface area contributed by atoms with Gasteiger partial charge in [0.2, 0.25) is 5.95 Å². The lowest BCUT2D eigenvalue weighted by Crippen LogP contribution is -2.11. The summed E-state index contributed by atoms with van der Waals surface area (Å²) in [6.07, 6.45) is 0. The van der Waals surface area contributed by atoms with Crippen LogP contribution in [0.5, 0.6) is 0 Å². The molecule has 3 rings (SSSR count). The minimum absolute atomic E-state index is 0.367. The maximum Gasteiger partial charge on any atom is 0.202 e. The van der Waals surface area contributed by atoms with Gasteiger partial charge in [-0.15, -0.1) is 0 Å². The zero-order valence-electron chi connectivity index (χ0n) is 12.0. The largest absolute Gasteiger partial charge is 0.369 e. The molecule has 1 unspecified atom stereocenters. The minimum atomic E-state index is 0.367. The highest BCUT2D eigenvalue weighted by atomic mass is 15.3. The summed E-state index contributed by atoms with van der Waals surface area (Å²) in [5, 5.41) is 4.41. The fourth-order valence-corrected chi connectivity index (χ4v) is 2.69. The molecule has 0 aliphatic heterocycles. The van der Waals surface area contributed by atoms with Crippen molar-refractivity contribution < 1.29 is 0 Å². The van der Waals surface area contributed by atoms with Crippen molar-refractivity contribution in [3.05, 3.63) is 41.6 Å². The van der Waals surface area contributed by atoms with Crippen LogP contribution in [0, 0.1) is 6.92 Å². The number of benzene rings is 1. The molecular weight excluding hydrogens is 250 g/mol. The van der Waals surface area contributed by atoms with E-state index in [0.29, 0.717) is 11.9 Å². The van der Waals surface area contributed by atoms with Crippen molar-refractivity contribution >= 4 is 17.1 Å². The molecule has 104 valence electrons. The van der Waals surface area contributed by atoms with Gasteiger partial charge in [0.25, 0.3) is 0 Å². The maximum absolute atomic E-state index is 6.07. The summed E-state index contributed by atoms with van der Waals surface area (Å²) in [4.78, 5) is 4.44. The highest BCUT2D eigenvalue weighted by Crippen LogP contribution is 2.24. The van der Waals surface area contributed by atoms with Crippen LogP contribution in [0.3, 0.4) is 0 Å². The topological polar surface area (TPSA) is 61.7 Å². The fraction of sp³-hybridized carbons (Fsp3) is 0.333. The van der Waals surface area contributed by atoms with E-state index in [0.717, 1.165) is 23.4 Å². The molecule has 0 fully saturated rings. The van der Waals surface area contributed by atoms with Crippen molar-refractivity contribution in [2.75, 3.05) is 5.73 Å². The van der Waals surface area contributed by atoms with E-state index in [1.807, 2.05) is 29.3 Å². The summed E-state index contributed by atoms with van der Waals surface area (Å²) < 4.78 is 3.90. The number of hydrogen-bond donors (Lipinski definition) is 1. The van der Waals surface area contributed by atoms with Crippen molar-refractivity contribution in [3.8, 4) is 0 Å². The van der Waals surface area contributed by atoms with Crippen LogP contribution in [0.25, 0.3) is 11.2 Å². The monoisotopic (exact) mass is 269 g/mol. The van der Waals surface area contributed by atoms with Crippen LogP contribution in [0.4, 0.5) is 5.95 Å². The lowest BCUT2D eigenvalue weighted by atomic mass is 10.0. The quantitative estimate of drug-likeness (QED) is 0.794. The Hall–Kier alpha value is -2.30. The number of anilines is 1. The van der Waals surface area contributed by atoms with Crippen molar-refractivity contribution in [1.29, 1.82) is 0 Å². The smallest absolute Gasteiger partial charge is 0.202 e. The average Bonchev–Trinajstić information content (AvgIpc) is 2.90. The molecule has 0 bridgehead atoms. The Balaban J connectivity index is 2.01. The lowest BCUT2D eigenvalue weighted by Gasteiger charge is -2.14. The molecule has 1 atom stereocenters. The summed E-state index contributed by atoms with van der Waals surface area (Å²) in [5.41, 5.74) is 10.2. The second-order valence-electron chi connectivity index (χ2n) is 5.27. The van der Waals surface area contributed by atoms with E-state index < -0.39 is 0 Å². The Kier molecular flexibility index (Phi) is 2.97. The molecule has 20 heavy (non-hydrogen) atoms. The van der Waals surface area contributed by atoms with Crippen LogP contribution < -0.4 is 5.73 Å². The van der Waals surface area contributed by atoms with Gasteiger partial charge in [-0.25, -0.2) is 4.98 Å². The van der Waals surface area contributed by atoms with Crippen molar-refractivity contribution in [2.45, 2.75) is 26.3 Å². The number of nitrogens with zero attached hydrogens (tertiary/aromatic N) is 4. The third-order valence-electron chi connectivity index (χ3n) is 3.74. The van der Waals surface area contributed by atoms with Crippen LogP contribution >= 0.6 is 0 Å². The van der Waals surface area contributed by atoms with Gasteiger partial charge in [-0.2, -0.15) is 5.10 Å². The van der Waals surface area contributed by atoms with E-state index in [4.69, 9.17) is 5.73 Å². The second-order valence-corrected chi connectivity index (χ2v) is 5.27. The van der Waals surface area contributed by atoms with E-state index >= 15 is 0 Å². The van der Waals surface area contributed by atoms with E-state index in [1.165, 1.54) is 5.56 Å². The minimum Gasteiger partial charge on any atom is -0.369 e. The SMILES string of the molecule is Cc1nn(C)c2c1nc(N)n2CC(C)c1ccccc1. The Morgan fingerprint density at radius 1 is 1.25 bits per heavy atom. The Labute approximate surface area is 118 Å². The van der Waals surface area contributed by atoms with Gasteiger partial charge in [0, 0.05) is 13.6 Å². The standard InChI is InChI=1S/C15H19N5/c1-10(12-7-5-4-6-8-12)9-20-14-13(17-15(20)16)11(2)18-19(14)3/h4-8,10H,9H2,1-3H3,(H2,16,17). The molecule has 0 saturated heterocycles. The number of aryl methyl sites for hydroxylation is 2. The number of nitrogens with two attached hydrogens (primary N) is 1. The Morgan fingerprint density at radius 3 is 2.65 bits per heavy atom. The molecule has 2 heterocycles. The highest BCUT2D eigenvalue weighted by Gasteiger charge is 2.17. The Morgan fingerprint density at radius 2 is 1.95 bits per heavy atom. The van der Waals surface area contributed by atoms with E-state index in [2.05, 4.69) is 41.3 Å². The number of imidazole rings is 1. The lowest BCUT2D eigenvalue weighted by molar-refractivity contribution is 0.600. The van der Waals surface area contributed by atoms with E-state index in [9.17, 15) is 0 Å². The molecule has 0 aliphatic rings. The molecule has 2 N–H and O–H groups in total. The predicted molar refractivity (Wildman–Crippen MR) is 80.5 cm³/mol. The van der Waals surface area contributed by atoms with Crippen molar-refractivity contribution in [3.63, 3.8) is 0 Å². The summed E-state index contributed by atoms with van der Waals surface area (Å²) >= 11 is 0. The first kappa shape index (κ1) is 12.7. The van der Waals surface area contributed by atoms with Gasteiger partial charge in [-0.3, -0.25) is 9.25 Å². The van der Waals surface area contributed by atoms with Gasteiger partial charge >= 0.3 is 0 Å². The first-order valence-electron chi connectivity index (χ1n) is 6.78. The third-order valence-corrected chi connectivity index (χ3v) is 3.74. The zero-order valence-corrected chi connectivity index (χ0v) is 12.0. The van der Waals surface area contributed by atoms with Gasteiger partial charge in [0.15, 0.2) is 5.65 Å². The summed E-state index contributed by atoms with van der Waals surface area (Å²) in [6.45, 7) is 4.95. The molecule has 5 heteroatoms. The Bertz CT molecular complexity index is 739.